The zero-order valence-corrected chi connectivity index (χ0v) is 11.2. The van der Waals surface area contributed by atoms with Gasteiger partial charge >= 0.3 is 5.69 Å². The van der Waals surface area contributed by atoms with Crippen molar-refractivity contribution in [2.75, 3.05) is 6.54 Å². The lowest BCUT2D eigenvalue weighted by molar-refractivity contribution is -0.387. The number of nitro benzene ring substituents is 1. The first kappa shape index (κ1) is 14.6. The van der Waals surface area contributed by atoms with Crippen molar-refractivity contribution in [2.45, 2.75) is 6.42 Å². The van der Waals surface area contributed by atoms with Crippen LogP contribution in [0.2, 0.25) is 0 Å². The van der Waals surface area contributed by atoms with E-state index < -0.39 is 22.3 Å². The zero-order valence-electron chi connectivity index (χ0n) is 11.2. The SMILES string of the molecule is Cn1nccc1CCNC(=O)c1ccc([N+](=O)[O-])c(F)c1. The fourth-order valence-corrected chi connectivity index (χ4v) is 1.85. The lowest BCUT2D eigenvalue weighted by Gasteiger charge is -2.06. The third-order valence-electron chi connectivity index (χ3n) is 3.00. The topological polar surface area (TPSA) is 90.1 Å². The van der Waals surface area contributed by atoms with Gasteiger partial charge < -0.3 is 5.32 Å². The summed E-state index contributed by atoms with van der Waals surface area (Å²) < 4.78 is 15.1. The highest BCUT2D eigenvalue weighted by Gasteiger charge is 2.16. The van der Waals surface area contributed by atoms with Crippen molar-refractivity contribution in [3.05, 3.63) is 57.7 Å². The van der Waals surface area contributed by atoms with Crippen molar-refractivity contribution in [2.24, 2.45) is 7.05 Å². The Kier molecular flexibility index (Phi) is 4.27. The van der Waals surface area contributed by atoms with Crippen LogP contribution < -0.4 is 5.32 Å². The average Bonchev–Trinajstić information content (AvgIpc) is 2.83. The highest BCUT2D eigenvalue weighted by atomic mass is 19.1. The van der Waals surface area contributed by atoms with Crippen molar-refractivity contribution in [3.8, 4) is 0 Å². The molecule has 21 heavy (non-hydrogen) atoms. The molecule has 0 atom stereocenters. The van der Waals surface area contributed by atoms with E-state index in [0.29, 0.717) is 13.0 Å². The number of nitrogens with one attached hydrogen (secondary N) is 1. The smallest absolute Gasteiger partial charge is 0.304 e. The van der Waals surface area contributed by atoms with Gasteiger partial charge in [-0.15, -0.1) is 0 Å². The average molecular weight is 292 g/mol. The second-order valence-electron chi connectivity index (χ2n) is 4.38. The summed E-state index contributed by atoms with van der Waals surface area (Å²) in [5.74, 6) is -1.51. The van der Waals surface area contributed by atoms with Crippen LogP contribution >= 0.6 is 0 Å². The van der Waals surface area contributed by atoms with Gasteiger partial charge in [-0.05, 0) is 18.2 Å². The highest BCUT2D eigenvalue weighted by Crippen LogP contribution is 2.17. The van der Waals surface area contributed by atoms with Gasteiger partial charge in [0.2, 0.25) is 5.82 Å². The fraction of sp³-hybridized carbons (Fsp3) is 0.231. The van der Waals surface area contributed by atoms with Gasteiger partial charge in [-0.3, -0.25) is 19.6 Å². The summed E-state index contributed by atoms with van der Waals surface area (Å²) in [6.07, 6.45) is 2.24. The molecule has 2 aromatic rings. The van der Waals surface area contributed by atoms with Crippen molar-refractivity contribution in [1.82, 2.24) is 15.1 Å². The maximum atomic E-state index is 13.4. The Morgan fingerprint density at radius 1 is 1.48 bits per heavy atom. The van der Waals surface area contributed by atoms with E-state index in [-0.39, 0.29) is 5.56 Å². The van der Waals surface area contributed by atoms with E-state index in [0.717, 1.165) is 17.8 Å². The zero-order chi connectivity index (χ0) is 15.4. The van der Waals surface area contributed by atoms with E-state index in [4.69, 9.17) is 0 Å². The van der Waals surface area contributed by atoms with Gasteiger partial charge in [0.25, 0.3) is 5.91 Å². The van der Waals surface area contributed by atoms with Gasteiger partial charge in [-0.1, -0.05) is 0 Å². The summed E-state index contributed by atoms with van der Waals surface area (Å²) in [4.78, 5) is 21.5. The van der Waals surface area contributed by atoms with Crippen molar-refractivity contribution >= 4 is 11.6 Å². The standard InChI is InChI=1S/C13H13FN4O3/c1-17-10(5-7-16-17)4-6-15-13(19)9-2-3-12(18(20)21)11(14)8-9/h2-3,5,7-8H,4,6H2,1H3,(H,15,19). The van der Waals surface area contributed by atoms with Crippen LogP contribution in [0.1, 0.15) is 16.1 Å². The van der Waals surface area contributed by atoms with E-state index in [2.05, 4.69) is 10.4 Å². The number of benzene rings is 1. The Morgan fingerprint density at radius 2 is 2.24 bits per heavy atom. The molecular formula is C13H13FN4O3. The number of hydrogen-bond donors (Lipinski definition) is 1. The Morgan fingerprint density at radius 3 is 2.81 bits per heavy atom. The molecule has 0 bridgehead atoms. The molecule has 1 aromatic heterocycles. The highest BCUT2D eigenvalue weighted by molar-refractivity contribution is 5.94. The third kappa shape index (κ3) is 3.41. The molecule has 7 nitrogen and oxygen atoms in total. The van der Waals surface area contributed by atoms with Crippen LogP contribution in [0, 0.1) is 15.9 Å². The number of amides is 1. The number of carbonyl (C=O) groups is 1. The minimum absolute atomic E-state index is 0.0445. The summed E-state index contributed by atoms with van der Waals surface area (Å²) in [7, 11) is 1.79. The second-order valence-corrected chi connectivity index (χ2v) is 4.38. The summed E-state index contributed by atoms with van der Waals surface area (Å²) in [5.41, 5.74) is 0.342. The normalized spacial score (nSPS) is 10.4. The van der Waals surface area contributed by atoms with E-state index in [1.54, 1.807) is 17.9 Å². The molecule has 0 unspecified atom stereocenters. The molecule has 0 saturated heterocycles. The first-order chi connectivity index (χ1) is 9.99. The second kappa shape index (κ2) is 6.12. The predicted octanol–water partition coefficient (Wildman–Crippen LogP) is 1.44. The van der Waals surface area contributed by atoms with Gasteiger partial charge in [0.1, 0.15) is 0 Å². The Balaban J connectivity index is 1.96. The summed E-state index contributed by atoms with van der Waals surface area (Å²) in [6.45, 7) is 0.358. The number of nitrogens with zero attached hydrogens (tertiary/aromatic N) is 3. The molecule has 1 N–H and O–H groups in total. The number of rotatable bonds is 5. The minimum Gasteiger partial charge on any atom is -0.352 e. The Hall–Kier alpha value is -2.77. The molecule has 8 heteroatoms. The van der Waals surface area contributed by atoms with Crippen LogP contribution in [-0.4, -0.2) is 27.2 Å². The van der Waals surface area contributed by atoms with Gasteiger partial charge in [-0.2, -0.15) is 9.49 Å². The van der Waals surface area contributed by atoms with E-state index in [1.807, 2.05) is 6.07 Å². The molecule has 0 fully saturated rings. The van der Waals surface area contributed by atoms with Crippen LogP contribution in [0.15, 0.2) is 30.5 Å². The lowest BCUT2D eigenvalue weighted by atomic mass is 10.2. The third-order valence-corrected chi connectivity index (χ3v) is 3.00. The number of halogens is 1. The molecular weight excluding hydrogens is 279 g/mol. The molecule has 2 rings (SSSR count). The summed E-state index contributed by atoms with van der Waals surface area (Å²) in [6, 6.07) is 4.89. The first-order valence-corrected chi connectivity index (χ1v) is 6.18. The predicted molar refractivity (Wildman–Crippen MR) is 72.3 cm³/mol. The van der Waals surface area contributed by atoms with E-state index in [1.165, 1.54) is 6.07 Å². The first-order valence-electron chi connectivity index (χ1n) is 6.18. The van der Waals surface area contributed by atoms with Crippen molar-refractivity contribution in [1.29, 1.82) is 0 Å². The molecule has 1 amide bonds. The van der Waals surface area contributed by atoms with Gasteiger partial charge in [-0.25, -0.2) is 0 Å². The van der Waals surface area contributed by atoms with Crippen molar-refractivity contribution < 1.29 is 14.1 Å². The molecule has 0 radical (unpaired) electrons. The Labute approximate surface area is 119 Å². The van der Waals surface area contributed by atoms with E-state index >= 15 is 0 Å². The number of hydrogen-bond acceptors (Lipinski definition) is 4. The van der Waals surface area contributed by atoms with E-state index in [9.17, 15) is 19.3 Å². The molecule has 0 spiro atoms. The molecule has 0 aliphatic heterocycles. The molecule has 0 saturated carbocycles. The monoisotopic (exact) mass is 292 g/mol. The number of aryl methyl sites for hydroxylation is 1. The van der Waals surface area contributed by atoms with Crippen LogP contribution in [0.3, 0.4) is 0 Å². The minimum atomic E-state index is -1.03. The molecule has 0 aliphatic carbocycles. The quantitative estimate of drug-likeness (QED) is 0.667. The number of carbonyl (C=O) groups excluding carboxylic acids is 1. The molecule has 1 aromatic carbocycles. The van der Waals surface area contributed by atoms with Crippen LogP contribution in [-0.2, 0) is 13.5 Å². The largest absolute Gasteiger partial charge is 0.352 e. The maximum absolute atomic E-state index is 13.4. The number of aromatic nitrogens is 2. The lowest BCUT2D eigenvalue weighted by Crippen LogP contribution is -2.26. The van der Waals surface area contributed by atoms with Crippen LogP contribution in [0.5, 0.6) is 0 Å². The summed E-state index contributed by atoms with van der Waals surface area (Å²) >= 11 is 0. The molecule has 0 aliphatic rings. The van der Waals surface area contributed by atoms with Crippen LogP contribution in [0.4, 0.5) is 10.1 Å². The van der Waals surface area contributed by atoms with Gasteiger partial charge in [0.15, 0.2) is 0 Å². The van der Waals surface area contributed by atoms with Gasteiger partial charge in [0, 0.05) is 43.5 Å². The number of nitro groups is 1. The fourth-order valence-electron chi connectivity index (χ4n) is 1.85. The summed E-state index contributed by atoms with van der Waals surface area (Å²) in [5, 5.41) is 17.1. The van der Waals surface area contributed by atoms with Crippen molar-refractivity contribution in [3.63, 3.8) is 0 Å². The maximum Gasteiger partial charge on any atom is 0.304 e. The molecule has 1 heterocycles. The van der Waals surface area contributed by atoms with Crippen LogP contribution in [0.25, 0.3) is 0 Å². The van der Waals surface area contributed by atoms with Gasteiger partial charge in [0.05, 0.1) is 4.92 Å². The molecule has 110 valence electrons. The Bertz CT molecular complexity index is 684.